The number of nitrogens with one attached hydrogen (secondary N) is 3. The minimum Gasteiger partial charge on any atom is -0.488 e. The van der Waals surface area contributed by atoms with Gasteiger partial charge in [0.2, 0.25) is 5.91 Å². The number of benzene rings is 3. The summed E-state index contributed by atoms with van der Waals surface area (Å²) in [6.07, 6.45) is 0.196. The molecule has 3 aromatic rings. The Bertz CT molecular complexity index is 1130. The Labute approximate surface area is 205 Å². The molecule has 5 nitrogen and oxygen atoms in total. The van der Waals surface area contributed by atoms with E-state index in [9.17, 15) is 13.6 Å². The first-order valence-corrected chi connectivity index (χ1v) is 12.1. The van der Waals surface area contributed by atoms with E-state index in [0.29, 0.717) is 23.5 Å². The van der Waals surface area contributed by atoms with E-state index in [0.717, 1.165) is 30.8 Å². The summed E-state index contributed by atoms with van der Waals surface area (Å²) in [5.74, 6) is -0.281. The average Bonchev–Trinajstić information content (AvgIpc) is 2.85. The molecule has 4 rings (SSSR count). The first-order valence-electron chi connectivity index (χ1n) is 12.1. The molecule has 0 aliphatic carbocycles. The Morgan fingerprint density at radius 2 is 1.71 bits per heavy atom. The summed E-state index contributed by atoms with van der Waals surface area (Å²) in [5, 5.41) is 2.79. The van der Waals surface area contributed by atoms with Gasteiger partial charge in [0.25, 0.3) is 0 Å². The zero-order valence-electron chi connectivity index (χ0n) is 20.1. The first kappa shape index (κ1) is 24.8. The van der Waals surface area contributed by atoms with Crippen molar-refractivity contribution in [2.24, 2.45) is 0 Å². The number of hydrogen-bond acceptors (Lipinski definition) is 2. The summed E-state index contributed by atoms with van der Waals surface area (Å²) in [4.78, 5) is 15.3. The van der Waals surface area contributed by atoms with Crippen LogP contribution in [0.2, 0.25) is 0 Å². The zero-order chi connectivity index (χ0) is 24.6. The number of quaternary nitrogens is 2. The molecule has 3 aromatic carbocycles. The van der Waals surface area contributed by atoms with Crippen LogP contribution in [-0.2, 0) is 17.8 Å². The minimum absolute atomic E-state index is 0.158. The highest BCUT2D eigenvalue weighted by Crippen LogP contribution is 2.26. The van der Waals surface area contributed by atoms with Crippen molar-refractivity contribution >= 4 is 5.91 Å². The Hall–Kier alpha value is -3.29. The van der Waals surface area contributed by atoms with Gasteiger partial charge in [0.15, 0.2) is 0 Å². The maximum Gasteiger partial charge on any atom is 0.224 e. The van der Waals surface area contributed by atoms with Crippen molar-refractivity contribution in [3.63, 3.8) is 0 Å². The lowest BCUT2D eigenvalue weighted by atomic mass is 10.0. The molecule has 0 aromatic heterocycles. The molecule has 1 heterocycles. The maximum atomic E-state index is 14.8. The number of rotatable bonds is 9. The summed E-state index contributed by atoms with van der Waals surface area (Å²) in [6, 6.07) is 18.4. The number of piperazine rings is 1. The fourth-order valence-corrected chi connectivity index (χ4v) is 4.31. The SMILES string of the molecule is C[NH+]1CC[NH+](CCOc2ccc(-c3ccc(CC(=O)NCc4cccc(F)c4)cc3)c(F)c2)CC1. The number of carbonyl (C=O) groups is 1. The fraction of sp³-hybridized carbons (Fsp3) is 0.321. The smallest absolute Gasteiger partial charge is 0.224 e. The van der Waals surface area contributed by atoms with Crippen LogP contribution in [0.3, 0.4) is 0 Å². The van der Waals surface area contributed by atoms with Gasteiger partial charge in [0.05, 0.1) is 13.5 Å². The van der Waals surface area contributed by atoms with Crippen LogP contribution in [0.25, 0.3) is 11.1 Å². The topological polar surface area (TPSA) is 47.2 Å². The second-order valence-corrected chi connectivity index (χ2v) is 9.23. The van der Waals surface area contributed by atoms with Crippen LogP contribution < -0.4 is 19.9 Å². The Morgan fingerprint density at radius 1 is 0.943 bits per heavy atom. The largest absolute Gasteiger partial charge is 0.488 e. The molecule has 1 aliphatic heterocycles. The van der Waals surface area contributed by atoms with E-state index in [4.69, 9.17) is 4.74 Å². The number of ether oxygens (including phenoxy) is 1. The van der Waals surface area contributed by atoms with Gasteiger partial charge in [-0.15, -0.1) is 0 Å². The van der Waals surface area contributed by atoms with E-state index < -0.39 is 0 Å². The molecule has 0 radical (unpaired) electrons. The second-order valence-electron chi connectivity index (χ2n) is 9.23. The van der Waals surface area contributed by atoms with Gasteiger partial charge in [-0.2, -0.15) is 0 Å². The van der Waals surface area contributed by atoms with Crippen LogP contribution in [0.5, 0.6) is 5.75 Å². The lowest BCUT2D eigenvalue weighted by Crippen LogP contribution is -3.27. The molecule has 0 spiro atoms. The molecule has 35 heavy (non-hydrogen) atoms. The number of carbonyl (C=O) groups excluding carboxylic acids is 1. The number of halogens is 2. The molecule has 0 bridgehead atoms. The van der Waals surface area contributed by atoms with Gasteiger partial charge in [-0.05, 0) is 41.0 Å². The Kier molecular flexibility index (Phi) is 8.45. The van der Waals surface area contributed by atoms with Crippen molar-refractivity contribution in [1.82, 2.24) is 5.32 Å². The number of amides is 1. The van der Waals surface area contributed by atoms with E-state index >= 15 is 0 Å². The number of hydrogen-bond donors (Lipinski definition) is 3. The highest BCUT2D eigenvalue weighted by Gasteiger charge is 2.19. The van der Waals surface area contributed by atoms with Gasteiger partial charge in [0.1, 0.15) is 56.7 Å². The minimum atomic E-state index is -0.335. The average molecular weight is 482 g/mol. The lowest BCUT2D eigenvalue weighted by Gasteiger charge is -2.27. The van der Waals surface area contributed by atoms with Crippen LogP contribution in [0.4, 0.5) is 8.78 Å². The second kappa shape index (κ2) is 11.9. The number of likely N-dealkylation sites (N-methyl/N-ethyl adjacent to an activating group) is 1. The molecule has 1 aliphatic rings. The van der Waals surface area contributed by atoms with Gasteiger partial charge in [-0.25, -0.2) is 8.78 Å². The molecular formula is C28H33F2N3O2+2. The molecule has 184 valence electrons. The van der Waals surface area contributed by atoms with Crippen LogP contribution in [0.15, 0.2) is 66.7 Å². The monoisotopic (exact) mass is 481 g/mol. The van der Waals surface area contributed by atoms with Crippen molar-refractivity contribution in [2.75, 3.05) is 46.4 Å². The van der Waals surface area contributed by atoms with E-state index in [-0.39, 0.29) is 30.5 Å². The summed E-state index contributed by atoms with van der Waals surface area (Å²) in [5.41, 5.74) is 2.76. The summed E-state index contributed by atoms with van der Waals surface area (Å²) in [6.45, 7) is 6.41. The van der Waals surface area contributed by atoms with E-state index in [1.165, 1.54) is 36.2 Å². The van der Waals surface area contributed by atoms with Gasteiger partial charge in [0, 0.05) is 18.2 Å². The predicted molar refractivity (Wildman–Crippen MR) is 131 cm³/mol. The summed E-state index contributed by atoms with van der Waals surface area (Å²) < 4.78 is 33.8. The highest BCUT2D eigenvalue weighted by molar-refractivity contribution is 5.79. The molecule has 1 saturated heterocycles. The van der Waals surface area contributed by atoms with Crippen LogP contribution in [-0.4, -0.2) is 52.3 Å². The third kappa shape index (κ3) is 7.34. The molecule has 0 atom stereocenters. The van der Waals surface area contributed by atoms with Crippen molar-refractivity contribution in [1.29, 1.82) is 0 Å². The lowest BCUT2D eigenvalue weighted by molar-refractivity contribution is -1.00. The molecule has 0 saturated carbocycles. The predicted octanol–water partition coefficient (Wildman–Crippen LogP) is 1.28. The fourth-order valence-electron chi connectivity index (χ4n) is 4.31. The molecular weight excluding hydrogens is 448 g/mol. The normalized spacial score (nSPS) is 17.7. The third-order valence-corrected chi connectivity index (χ3v) is 6.48. The summed E-state index contributed by atoms with van der Waals surface area (Å²) in [7, 11) is 2.22. The van der Waals surface area contributed by atoms with Crippen LogP contribution >= 0.6 is 0 Å². The third-order valence-electron chi connectivity index (χ3n) is 6.48. The van der Waals surface area contributed by atoms with E-state index in [1.54, 1.807) is 29.2 Å². The van der Waals surface area contributed by atoms with Gasteiger partial charge in [-0.3, -0.25) is 4.79 Å². The molecule has 1 amide bonds. The molecule has 7 heteroatoms. The van der Waals surface area contributed by atoms with Crippen molar-refractivity contribution < 1.29 is 28.1 Å². The molecule has 1 fully saturated rings. The van der Waals surface area contributed by atoms with Crippen molar-refractivity contribution in [3.8, 4) is 16.9 Å². The van der Waals surface area contributed by atoms with Gasteiger partial charge in [-0.1, -0.05) is 36.4 Å². The van der Waals surface area contributed by atoms with E-state index in [2.05, 4.69) is 12.4 Å². The van der Waals surface area contributed by atoms with Crippen LogP contribution in [0.1, 0.15) is 11.1 Å². The zero-order valence-corrected chi connectivity index (χ0v) is 20.1. The van der Waals surface area contributed by atoms with E-state index in [1.807, 2.05) is 24.3 Å². The molecule has 3 N–H and O–H groups in total. The highest BCUT2D eigenvalue weighted by atomic mass is 19.1. The molecule has 0 unspecified atom stereocenters. The Balaban J connectivity index is 1.26. The first-order chi connectivity index (χ1) is 17.0. The van der Waals surface area contributed by atoms with Crippen molar-refractivity contribution in [3.05, 3.63) is 89.5 Å². The summed E-state index contributed by atoms with van der Waals surface area (Å²) >= 11 is 0. The van der Waals surface area contributed by atoms with Crippen molar-refractivity contribution in [2.45, 2.75) is 13.0 Å². The van der Waals surface area contributed by atoms with Gasteiger partial charge >= 0.3 is 0 Å². The van der Waals surface area contributed by atoms with Crippen LogP contribution in [0, 0.1) is 11.6 Å². The van der Waals surface area contributed by atoms with Gasteiger partial charge < -0.3 is 19.9 Å². The Morgan fingerprint density at radius 3 is 2.43 bits per heavy atom. The standard InChI is InChI=1S/C28H31F2N3O2/c1-32-11-13-33(14-12-32)15-16-35-25-9-10-26(27(30)19-25)23-7-5-21(6-8-23)18-28(34)31-20-22-3-2-4-24(29)17-22/h2-10,17,19H,11-16,18,20H2,1H3,(H,31,34)/p+2. The maximum absolute atomic E-state index is 14.8. The quantitative estimate of drug-likeness (QED) is 0.431.